The van der Waals surface area contributed by atoms with Crippen molar-refractivity contribution < 1.29 is 14.1 Å². The Bertz CT molecular complexity index is 630. The van der Waals surface area contributed by atoms with Crippen molar-refractivity contribution in [3.8, 4) is 11.4 Å². The largest absolute Gasteiger partial charge is 0.381 e. The lowest BCUT2D eigenvalue weighted by atomic mass is 9.99. The zero-order valence-electron chi connectivity index (χ0n) is 12.5. The maximum Gasteiger partial charge on any atom is 0.223 e. The van der Waals surface area contributed by atoms with E-state index >= 15 is 0 Å². The Hall–Kier alpha value is -2.21. The minimum atomic E-state index is 0.0790. The second kappa shape index (κ2) is 6.70. The minimum absolute atomic E-state index is 0.0790. The van der Waals surface area contributed by atoms with Gasteiger partial charge in [0.2, 0.25) is 17.6 Å². The minimum Gasteiger partial charge on any atom is -0.381 e. The summed E-state index contributed by atoms with van der Waals surface area (Å²) in [7, 11) is 0. The van der Waals surface area contributed by atoms with E-state index in [0.29, 0.717) is 31.5 Å². The number of ether oxygens (including phenoxy) is 1. The first-order valence-corrected chi connectivity index (χ1v) is 7.47. The Morgan fingerprint density at radius 3 is 2.64 bits per heavy atom. The van der Waals surface area contributed by atoms with E-state index in [9.17, 15) is 4.79 Å². The molecule has 1 aromatic carbocycles. The lowest BCUT2D eigenvalue weighted by Crippen LogP contribution is -2.33. The molecule has 0 radical (unpaired) electrons. The highest BCUT2D eigenvalue weighted by Crippen LogP contribution is 2.17. The van der Waals surface area contributed by atoms with Gasteiger partial charge < -0.3 is 14.6 Å². The zero-order valence-corrected chi connectivity index (χ0v) is 12.5. The maximum absolute atomic E-state index is 12.1. The average molecular weight is 301 g/mol. The zero-order chi connectivity index (χ0) is 15.4. The summed E-state index contributed by atoms with van der Waals surface area (Å²) < 4.78 is 10.2. The second-order valence-electron chi connectivity index (χ2n) is 5.44. The van der Waals surface area contributed by atoms with Crippen molar-refractivity contribution >= 4 is 5.91 Å². The molecule has 0 saturated carbocycles. The predicted octanol–water partition coefficient (Wildman–Crippen LogP) is 2.09. The van der Waals surface area contributed by atoms with E-state index in [1.165, 1.54) is 0 Å². The first-order valence-electron chi connectivity index (χ1n) is 7.47. The van der Waals surface area contributed by atoms with Crippen LogP contribution in [0.5, 0.6) is 0 Å². The predicted molar refractivity (Wildman–Crippen MR) is 79.9 cm³/mol. The van der Waals surface area contributed by atoms with E-state index in [1.54, 1.807) is 6.92 Å². The summed E-state index contributed by atoms with van der Waals surface area (Å²) >= 11 is 0. The molecule has 2 heterocycles. The van der Waals surface area contributed by atoms with Crippen LogP contribution in [0.4, 0.5) is 0 Å². The van der Waals surface area contributed by atoms with E-state index in [1.807, 2.05) is 24.3 Å². The topological polar surface area (TPSA) is 77.2 Å². The highest BCUT2D eigenvalue weighted by molar-refractivity contribution is 5.78. The van der Waals surface area contributed by atoms with Crippen LogP contribution in [0, 0.1) is 12.8 Å². The van der Waals surface area contributed by atoms with Crippen LogP contribution in [0.2, 0.25) is 0 Å². The van der Waals surface area contributed by atoms with Crippen LogP contribution >= 0.6 is 0 Å². The molecule has 1 fully saturated rings. The van der Waals surface area contributed by atoms with Gasteiger partial charge in [0.25, 0.3) is 0 Å². The molecule has 116 valence electrons. The van der Waals surface area contributed by atoms with E-state index in [-0.39, 0.29) is 11.8 Å². The van der Waals surface area contributed by atoms with Gasteiger partial charge in [0.15, 0.2) is 0 Å². The Morgan fingerprint density at radius 1 is 1.27 bits per heavy atom. The molecule has 0 atom stereocenters. The number of benzene rings is 1. The Labute approximate surface area is 128 Å². The first kappa shape index (κ1) is 14.7. The number of aryl methyl sites for hydroxylation is 1. The van der Waals surface area contributed by atoms with Gasteiger partial charge in [0.05, 0.1) is 0 Å². The number of hydrogen-bond donors (Lipinski definition) is 1. The Morgan fingerprint density at radius 2 is 2.00 bits per heavy atom. The number of amides is 1. The molecule has 0 unspecified atom stereocenters. The van der Waals surface area contributed by atoms with E-state index in [2.05, 4.69) is 15.5 Å². The van der Waals surface area contributed by atoms with Gasteiger partial charge in [-0.2, -0.15) is 4.98 Å². The van der Waals surface area contributed by atoms with Crippen molar-refractivity contribution in [1.82, 2.24) is 15.5 Å². The number of aromatic nitrogens is 2. The Balaban J connectivity index is 1.56. The van der Waals surface area contributed by atoms with E-state index in [0.717, 1.165) is 24.0 Å². The van der Waals surface area contributed by atoms with Gasteiger partial charge in [0, 0.05) is 38.2 Å². The van der Waals surface area contributed by atoms with Crippen LogP contribution in [0.3, 0.4) is 0 Å². The smallest absolute Gasteiger partial charge is 0.223 e. The molecule has 1 aromatic heterocycles. The molecule has 6 heteroatoms. The standard InChI is InChI=1S/C16H19N3O3/c1-11-18-15(19-22-11)13-4-2-12(3-5-13)10-17-16(20)14-6-8-21-9-7-14/h2-5,14H,6-10H2,1H3,(H,17,20). The summed E-state index contributed by atoms with van der Waals surface area (Å²) in [5, 5.41) is 6.87. The molecular weight excluding hydrogens is 282 g/mol. The quantitative estimate of drug-likeness (QED) is 0.935. The lowest BCUT2D eigenvalue weighted by molar-refractivity contribution is -0.128. The van der Waals surface area contributed by atoms with Crippen molar-refractivity contribution in [2.45, 2.75) is 26.3 Å². The molecule has 1 aliphatic rings. The van der Waals surface area contributed by atoms with Crippen LogP contribution in [0.1, 0.15) is 24.3 Å². The van der Waals surface area contributed by atoms with Crippen LogP contribution in [-0.4, -0.2) is 29.3 Å². The van der Waals surface area contributed by atoms with Gasteiger partial charge in [-0.15, -0.1) is 0 Å². The van der Waals surface area contributed by atoms with Crippen molar-refractivity contribution in [2.75, 3.05) is 13.2 Å². The Kier molecular flexibility index (Phi) is 4.48. The fourth-order valence-electron chi connectivity index (χ4n) is 2.48. The van der Waals surface area contributed by atoms with Crippen LogP contribution < -0.4 is 5.32 Å². The number of rotatable bonds is 4. The molecule has 1 saturated heterocycles. The maximum atomic E-state index is 12.1. The number of nitrogens with one attached hydrogen (secondary N) is 1. The first-order chi connectivity index (χ1) is 10.7. The van der Waals surface area contributed by atoms with Crippen molar-refractivity contribution in [3.05, 3.63) is 35.7 Å². The molecular formula is C16H19N3O3. The third-order valence-corrected chi connectivity index (χ3v) is 3.80. The fraction of sp³-hybridized carbons (Fsp3) is 0.438. The second-order valence-corrected chi connectivity index (χ2v) is 5.44. The molecule has 0 spiro atoms. The average Bonchev–Trinajstić information content (AvgIpc) is 3.00. The molecule has 1 N–H and O–H groups in total. The van der Waals surface area contributed by atoms with Gasteiger partial charge in [-0.25, -0.2) is 0 Å². The molecule has 1 aliphatic heterocycles. The van der Waals surface area contributed by atoms with Gasteiger partial charge in [-0.3, -0.25) is 4.79 Å². The third-order valence-electron chi connectivity index (χ3n) is 3.80. The molecule has 22 heavy (non-hydrogen) atoms. The SMILES string of the molecule is Cc1nc(-c2ccc(CNC(=O)C3CCOCC3)cc2)no1. The lowest BCUT2D eigenvalue weighted by Gasteiger charge is -2.21. The third kappa shape index (κ3) is 3.51. The van der Waals surface area contributed by atoms with Gasteiger partial charge >= 0.3 is 0 Å². The summed E-state index contributed by atoms with van der Waals surface area (Å²) in [6.45, 7) is 3.65. The summed E-state index contributed by atoms with van der Waals surface area (Å²) in [5.41, 5.74) is 1.95. The van der Waals surface area contributed by atoms with E-state index < -0.39 is 0 Å². The van der Waals surface area contributed by atoms with Crippen molar-refractivity contribution in [3.63, 3.8) is 0 Å². The molecule has 3 rings (SSSR count). The van der Waals surface area contributed by atoms with Gasteiger partial charge in [0.1, 0.15) is 0 Å². The summed E-state index contributed by atoms with van der Waals surface area (Å²) in [5.74, 6) is 1.31. The molecule has 6 nitrogen and oxygen atoms in total. The molecule has 0 bridgehead atoms. The molecule has 1 amide bonds. The van der Waals surface area contributed by atoms with Crippen molar-refractivity contribution in [1.29, 1.82) is 0 Å². The van der Waals surface area contributed by atoms with Gasteiger partial charge in [-0.05, 0) is 18.4 Å². The fourth-order valence-corrected chi connectivity index (χ4v) is 2.48. The summed E-state index contributed by atoms with van der Waals surface area (Å²) in [6.07, 6.45) is 1.61. The van der Waals surface area contributed by atoms with Crippen LogP contribution in [0.15, 0.2) is 28.8 Å². The van der Waals surface area contributed by atoms with Crippen LogP contribution in [0.25, 0.3) is 11.4 Å². The normalized spacial score (nSPS) is 15.7. The van der Waals surface area contributed by atoms with Crippen LogP contribution in [-0.2, 0) is 16.1 Å². The summed E-state index contributed by atoms with van der Waals surface area (Å²) in [6, 6.07) is 7.79. The monoisotopic (exact) mass is 301 g/mol. The number of hydrogen-bond acceptors (Lipinski definition) is 5. The highest BCUT2D eigenvalue weighted by atomic mass is 16.5. The highest BCUT2D eigenvalue weighted by Gasteiger charge is 2.21. The van der Waals surface area contributed by atoms with E-state index in [4.69, 9.17) is 9.26 Å². The van der Waals surface area contributed by atoms with Crippen molar-refractivity contribution in [2.24, 2.45) is 5.92 Å². The number of carbonyl (C=O) groups is 1. The summed E-state index contributed by atoms with van der Waals surface area (Å²) in [4.78, 5) is 16.3. The molecule has 0 aliphatic carbocycles. The number of carbonyl (C=O) groups excluding carboxylic acids is 1. The molecule has 2 aromatic rings. The number of nitrogens with zero attached hydrogens (tertiary/aromatic N) is 2. The van der Waals surface area contributed by atoms with Gasteiger partial charge in [-0.1, -0.05) is 29.4 Å².